The van der Waals surface area contributed by atoms with Gasteiger partial charge in [-0.2, -0.15) is 0 Å². The number of hydrogen-bond acceptors (Lipinski definition) is 6. The first-order chi connectivity index (χ1) is 11.9. The Hall–Kier alpha value is -2.83. The van der Waals surface area contributed by atoms with Gasteiger partial charge in [0, 0.05) is 30.0 Å². The molecule has 0 aliphatic heterocycles. The summed E-state index contributed by atoms with van der Waals surface area (Å²) in [6, 6.07) is 4.94. The third kappa shape index (κ3) is 5.07. The first-order valence-electron chi connectivity index (χ1n) is 8.07. The minimum Gasteiger partial charge on any atom is -0.550 e. The van der Waals surface area contributed by atoms with E-state index in [1.165, 1.54) is 6.07 Å². The largest absolute Gasteiger partial charge is 0.550 e. The van der Waals surface area contributed by atoms with Crippen molar-refractivity contribution in [3.63, 3.8) is 0 Å². The van der Waals surface area contributed by atoms with Crippen LogP contribution in [-0.4, -0.2) is 25.0 Å². The molecule has 1 aromatic heterocycles. The van der Waals surface area contributed by atoms with Crippen molar-refractivity contribution < 1.29 is 23.8 Å². The zero-order valence-electron chi connectivity index (χ0n) is 14.2. The van der Waals surface area contributed by atoms with Crippen LogP contribution in [0.3, 0.4) is 0 Å². The molecule has 0 radical (unpaired) electrons. The molecule has 1 N–H and O–H groups in total. The molecule has 0 spiro atoms. The Morgan fingerprint density at radius 3 is 2.72 bits per heavy atom. The first kappa shape index (κ1) is 18.5. The number of ether oxygens (including phenoxy) is 1. The molecule has 0 atom stereocenters. The number of rotatable bonds is 8. The van der Waals surface area contributed by atoms with Gasteiger partial charge in [0.1, 0.15) is 11.3 Å². The highest BCUT2D eigenvalue weighted by atomic mass is 16.5. The van der Waals surface area contributed by atoms with Crippen molar-refractivity contribution in [2.24, 2.45) is 0 Å². The summed E-state index contributed by atoms with van der Waals surface area (Å²) in [5, 5.41) is 13.7. The van der Waals surface area contributed by atoms with Gasteiger partial charge in [0.2, 0.25) is 0 Å². The molecule has 2 aromatic rings. The number of aliphatic carboxylic acids is 1. The zero-order valence-corrected chi connectivity index (χ0v) is 14.2. The number of carbonyl (C=O) groups excluding carboxylic acids is 2. The first-order valence-corrected chi connectivity index (χ1v) is 8.07. The number of amides is 1. The van der Waals surface area contributed by atoms with Crippen molar-refractivity contribution in [2.75, 3.05) is 13.2 Å². The molecule has 1 amide bonds. The molecule has 0 saturated heterocycles. The number of carbonyl (C=O) groups is 2. The highest BCUT2D eigenvalue weighted by Gasteiger charge is 2.11. The maximum Gasteiger partial charge on any atom is 0.336 e. The average Bonchev–Trinajstić information content (AvgIpc) is 2.55. The Morgan fingerprint density at radius 1 is 1.28 bits per heavy atom. The van der Waals surface area contributed by atoms with E-state index in [0.717, 1.165) is 16.5 Å². The van der Waals surface area contributed by atoms with E-state index in [9.17, 15) is 19.5 Å². The Bertz CT molecular complexity index is 839. The summed E-state index contributed by atoms with van der Waals surface area (Å²) < 4.78 is 10.7. The standard InChI is InChI=1S/C18H21NO6/c1-3-12-8-13-11(2)7-18(23)25-15(13)9-14(12)24-10-16(20)19-6-4-5-17(21)22/h7-9H,3-6,10H2,1-2H3,(H,19,20)(H,21,22)/p-1. The van der Waals surface area contributed by atoms with Crippen LogP contribution in [0.4, 0.5) is 0 Å². The van der Waals surface area contributed by atoms with Crippen LogP contribution in [0.15, 0.2) is 27.4 Å². The second-order valence-electron chi connectivity index (χ2n) is 5.67. The quantitative estimate of drug-likeness (QED) is 0.556. The molecule has 7 heteroatoms. The molecule has 134 valence electrons. The summed E-state index contributed by atoms with van der Waals surface area (Å²) in [7, 11) is 0. The van der Waals surface area contributed by atoms with E-state index in [-0.39, 0.29) is 25.5 Å². The predicted molar refractivity (Wildman–Crippen MR) is 89.3 cm³/mol. The Labute approximate surface area is 144 Å². The molecular weight excluding hydrogens is 326 g/mol. The van der Waals surface area contributed by atoms with Crippen LogP contribution >= 0.6 is 0 Å². The van der Waals surface area contributed by atoms with Gasteiger partial charge in [-0.05, 0) is 43.4 Å². The van der Waals surface area contributed by atoms with Crippen LogP contribution in [0, 0.1) is 6.92 Å². The minimum atomic E-state index is -1.15. The van der Waals surface area contributed by atoms with Crippen LogP contribution in [0.2, 0.25) is 0 Å². The lowest BCUT2D eigenvalue weighted by atomic mass is 10.1. The Kier molecular flexibility index (Phi) is 6.16. The molecule has 2 rings (SSSR count). The highest BCUT2D eigenvalue weighted by Crippen LogP contribution is 2.27. The highest BCUT2D eigenvalue weighted by molar-refractivity contribution is 5.83. The lowest BCUT2D eigenvalue weighted by Crippen LogP contribution is -2.31. The monoisotopic (exact) mass is 346 g/mol. The lowest BCUT2D eigenvalue weighted by Gasteiger charge is -2.12. The smallest absolute Gasteiger partial charge is 0.336 e. The van der Waals surface area contributed by atoms with Crippen molar-refractivity contribution in [1.82, 2.24) is 5.32 Å². The maximum absolute atomic E-state index is 11.8. The minimum absolute atomic E-state index is 0.107. The fraction of sp³-hybridized carbons (Fsp3) is 0.389. The van der Waals surface area contributed by atoms with Crippen molar-refractivity contribution >= 4 is 22.8 Å². The number of fused-ring (bicyclic) bond motifs is 1. The third-order valence-electron chi connectivity index (χ3n) is 3.75. The van der Waals surface area contributed by atoms with Gasteiger partial charge in [-0.1, -0.05) is 6.92 Å². The van der Waals surface area contributed by atoms with Crippen molar-refractivity contribution in [2.45, 2.75) is 33.1 Å². The van der Waals surface area contributed by atoms with Gasteiger partial charge in [0.25, 0.3) is 5.91 Å². The van der Waals surface area contributed by atoms with E-state index >= 15 is 0 Å². The van der Waals surface area contributed by atoms with Gasteiger partial charge >= 0.3 is 5.63 Å². The average molecular weight is 346 g/mol. The number of carboxylic acids is 1. The van der Waals surface area contributed by atoms with Crippen molar-refractivity contribution in [1.29, 1.82) is 0 Å². The van der Waals surface area contributed by atoms with Crippen molar-refractivity contribution in [3.05, 3.63) is 39.7 Å². The molecule has 0 fully saturated rings. The Balaban J connectivity index is 2.06. The van der Waals surface area contributed by atoms with Gasteiger partial charge in [-0.25, -0.2) is 4.79 Å². The van der Waals surface area contributed by atoms with E-state index in [1.54, 1.807) is 6.07 Å². The van der Waals surface area contributed by atoms with Gasteiger partial charge in [-0.3, -0.25) is 4.79 Å². The summed E-state index contributed by atoms with van der Waals surface area (Å²) in [5.74, 6) is -1.02. The summed E-state index contributed by atoms with van der Waals surface area (Å²) in [6.07, 6.45) is 0.885. The zero-order chi connectivity index (χ0) is 18.4. The van der Waals surface area contributed by atoms with E-state index in [0.29, 0.717) is 24.2 Å². The topological polar surface area (TPSA) is 109 Å². The molecule has 7 nitrogen and oxygen atoms in total. The summed E-state index contributed by atoms with van der Waals surface area (Å²) in [4.78, 5) is 33.6. The second-order valence-corrected chi connectivity index (χ2v) is 5.67. The molecule has 0 aliphatic carbocycles. The summed E-state index contributed by atoms with van der Waals surface area (Å²) in [5.41, 5.74) is 1.68. The number of carboxylic acid groups (broad SMARTS) is 1. The predicted octanol–water partition coefficient (Wildman–Crippen LogP) is 0.689. The molecular formula is C18H20NO6-. The number of nitrogens with one attached hydrogen (secondary N) is 1. The maximum atomic E-state index is 11.8. The molecule has 1 aromatic carbocycles. The normalized spacial score (nSPS) is 10.6. The van der Waals surface area contributed by atoms with Crippen molar-refractivity contribution in [3.8, 4) is 5.75 Å². The molecule has 0 unspecified atom stereocenters. The van der Waals surface area contributed by atoms with E-state index < -0.39 is 11.6 Å². The number of hydrogen-bond donors (Lipinski definition) is 1. The van der Waals surface area contributed by atoms with E-state index in [1.807, 2.05) is 19.9 Å². The molecule has 0 bridgehead atoms. The molecule has 25 heavy (non-hydrogen) atoms. The van der Waals surface area contributed by atoms with Gasteiger partial charge in [0.15, 0.2) is 6.61 Å². The summed E-state index contributed by atoms with van der Waals surface area (Å²) in [6.45, 7) is 3.82. The van der Waals surface area contributed by atoms with Crippen LogP contribution in [0.25, 0.3) is 11.0 Å². The Morgan fingerprint density at radius 2 is 2.04 bits per heavy atom. The molecule has 1 heterocycles. The van der Waals surface area contributed by atoms with Gasteiger partial charge in [0.05, 0.1) is 0 Å². The van der Waals surface area contributed by atoms with Gasteiger partial charge in [-0.15, -0.1) is 0 Å². The second kappa shape index (κ2) is 8.32. The molecule has 0 aliphatic rings. The van der Waals surface area contributed by atoms with Crippen LogP contribution in [0.5, 0.6) is 5.75 Å². The fourth-order valence-corrected chi connectivity index (χ4v) is 2.46. The fourth-order valence-electron chi connectivity index (χ4n) is 2.46. The van der Waals surface area contributed by atoms with Crippen LogP contribution < -0.4 is 20.8 Å². The number of aryl methyl sites for hydroxylation is 2. The van der Waals surface area contributed by atoms with Crippen LogP contribution in [0.1, 0.15) is 30.9 Å². The van der Waals surface area contributed by atoms with Crippen LogP contribution in [-0.2, 0) is 16.0 Å². The van der Waals surface area contributed by atoms with E-state index in [4.69, 9.17) is 9.15 Å². The third-order valence-corrected chi connectivity index (χ3v) is 3.75. The SMILES string of the molecule is CCc1cc2c(C)cc(=O)oc2cc1OCC(=O)NCCCC(=O)[O-]. The van der Waals surface area contributed by atoms with Gasteiger partial charge < -0.3 is 24.4 Å². The summed E-state index contributed by atoms with van der Waals surface area (Å²) >= 11 is 0. The van der Waals surface area contributed by atoms with E-state index in [2.05, 4.69) is 5.32 Å². The number of benzene rings is 1. The lowest BCUT2D eigenvalue weighted by molar-refractivity contribution is -0.305. The molecule has 0 saturated carbocycles.